The third-order valence-corrected chi connectivity index (χ3v) is 5.68. The Hall–Kier alpha value is -3.72. The molecule has 3 heteroatoms. The van der Waals surface area contributed by atoms with Crippen LogP contribution in [0.1, 0.15) is 56.2 Å². The van der Waals surface area contributed by atoms with Crippen molar-refractivity contribution in [3.05, 3.63) is 108 Å². The summed E-state index contributed by atoms with van der Waals surface area (Å²) in [5.41, 5.74) is 3.73. The van der Waals surface area contributed by atoms with Gasteiger partial charge in [0.05, 0.1) is 0 Å². The summed E-state index contributed by atoms with van der Waals surface area (Å²) >= 11 is 0. The average Bonchev–Trinajstić information content (AvgIpc) is 2.81. The van der Waals surface area contributed by atoms with Gasteiger partial charge in [-0.25, -0.2) is 0 Å². The molecular weight excluding hydrogens is 420 g/mol. The van der Waals surface area contributed by atoms with Gasteiger partial charge in [-0.3, -0.25) is 0 Å². The van der Waals surface area contributed by atoms with Gasteiger partial charge in [0.15, 0.2) is 0 Å². The number of hydrogen-bond donors (Lipinski definition) is 0. The molecule has 0 saturated heterocycles. The van der Waals surface area contributed by atoms with Gasteiger partial charge >= 0.3 is 0 Å². The van der Waals surface area contributed by atoms with E-state index >= 15 is 0 Å². The molecule has 4 aromatic rings. The first-order chi connectivity index (χ1) is 16.4. The summed E-state index contributed by atoms with van der Waals surface area (Å²) in [5.74, 6) is 5.19. The van der Waals surface area contributed by atoms with Gasteiger partial charge in [-0.2, -0.15) is 0 Å². The Morgan fingerprint density at radius 3 is 1.00 bits per heavy atom. The van der Waals surface area contributed by atoms with Crippen LogP contribution in [0.2, 0.25) is 0 Å². The van der Waals surface area contributed by atoms with Crippen LogP contribution in [0, 0.1) is 6.92 Å². The van der Waals surface area contributed by atoms with Crippen molar-refractivity contribution in [2.24, 2.45) is 0 Å². The molecule has 0 bridgehead atoms. The molecule has 0 spiro atoms. The lowest BCUT2D eigenvalue weighted by atomic mass is 10.0. The zero-order chi connectivity index (χ0) is 24.1. The van der Waals surface area contributed by atoms with Gasteiger partial charge in [-0.1, -0.05) is 69.7 Å². The third-order valence-electron chi connectivity index (χ3n) is 5.68. The van der Waals surface area contributed by atoms with Crippen LogP contribution in [0.5, 0.6) is 34.5 Å². The Balaban J connectivity index is 1.61. The highest BCUT2D eigenvalue weighted by atomic mass is 16.5. The molecule has 0 unspecified atom stereocenters. The number of hydrogen-bond acceptors (Lipinski definition) is 3. The van der Waals surface area contributed by atoms with Crippen LogP contribution < -0.4 is 14.2 Å². The van der Waals surface area contributed by atoms with E-state index in [0.717, 1.165) is 17.2 Å². The van der Waals surface area contributed by atoms with Crippen LogP contribution >= 0.6 is 0 Å². The second-order valence-corrected chi connectivity index (χ2v) is 9.21. The van der Waals surface area contributed by atoms with Crippen LogP contribution in [0.3, 0.4) is 0 Å². The molecule has 0 aliphatic rings. The normalized spacial score (nSPS) is 11.0. The van der Waals surface area contributed by atoms with Crippen molar-refractivity contribution in [2.45, 2.75) is 46.5 Å². The van der Waals surface area contributed by atoms with Crippen LogP contribution in [0.25, 0.3) is 0 Å². The minimum atomic E-state index is 0.474. The molecule has 4 aromatic carbocycles. The van der Waals surface area contributed by atoms with Crippen LogP contribution in [0.4, 0.5) is 0 Å². The molecule has 4 rings (SSSR count). The zero-order valence-corrected chi connectivity index (χ0v) is 20.5. The van der Waals surface area contributed by atoms with Gasteiger partial charge in [0.25, 0.3) is 0 Å². The van der Waals surface area contributed by atoms with Crippen molar-refractivity contribution >= 4 is 0 Å². The van der Waals surface area contributed by atoms with Gasteiger partial charge in [-0.15, -0.1) is 0 Å². The highest BCUT2D eigenvalue weighted by Crippen LogP contribution is 2.36. The number of aryl methyl sites for hydroxylation is 1. The maximum atomic E-state index is 6.18. The summed E-state index contributed by atoms with van der Waals surface area (Å²) in [7, 11) is 0. The number of benzene rings is 4. The van der Waals surface area contributed by atoms with E-state index in [-0.39, 0.29) is 0 Å². The maximum absolute atomic E-state index is 6.18. The Morgan fingerprint density at radius 1 is 0.412 bits per heavy atom. The van der Waals surface area contributed by atoms with Crippen molar-refractivity contribution in [3.63, 3.8) is 0 Å². The summed E-state index contributed by atoms with van der Waals surface area (Å²) in [5, 5.41) is 0. The van der Waals surface area contributed by atoms with Gasteiger partial charge in [0.1, 0.15) is 34.5 Å². The van der Waals surface area contributed by atoms with Crippen LogP contribution in [0.15, 0.2) is 91.0 Å². The van der Waals surface area contributed by atoms with E-state index in [1.165, 1.54) is 16.7 Å². The average molecular weight is 453 g/mol. The monoisotopic (exact) mass is 452 g/mol. The highest BCUT2D eigenvalue weighted by Gasteiger charge is 2.09. The minimum Gasteiger partial charge on any atom is -0.457 e. The van der Waals surface area contributed by atoms with E-state index in [9.17, 15) is 0 Å². The fraction of sp³-hybridized carbons (Fsp3) is 0.226. The predicted molar refractivity (Wildman–Crippen MR) is 139 cm³/mol. The van der Waals surface area contributed by atoms with E-state index in [2.05, 4.69) is 58.9 Å². The zero-order valence-electron chi connectivity index (χ0n) is 20.5. The van der Waals surface area contributed by atoms with E-state index in [4.69, 9.17) is 14.2 Å². The maximum Gasteiger partial charge on any atom is 0.134 e. The molecule has 3 nitrogen and oxygen atoms in total. The molecular formula is C31H32O3. The summed E-state index contributed by atoms with van der Waals surface area (Å²) in [6.45, 7) is 10.8. The lowest BCUT2D eigenvalue weighted by molar-refractivity contribution is 0.439. The number of ether oxygens (including phenoxy) is 3. The topological polar surface area (TPSA) is 27.7 Å². The Kier molecular flexibility index (Phi) is 7.22. The fourth-order valence-electron chi connectivity index (χ4n) is 3.58. The van der Waals surface area contributed by atoms with Crippen molar-refractivity contribution in [1.29, 1.82) is 0 Å². The van der Waals surface area contributed by atoms with Gasteiger partial charge in [0.2, 0.25) is 0 Å². The van der Waals surface area contributed by atoms with Crippen molar-refractivity contribution < 1.29 is 14.2 Å². The van der Waals surface area contributed by atoms with Gasteiger partial charge in [0, 0.05) is 18.2 Å². The molecule has 0 N–H and O–H groups in total. The van der Waals surface area contributed by atoms with E-state index in [0.29, 0.717) is 29.1 Å². The number of rotatable bonds is 8. The van der Waals surface area contributed by atoms with E-state index < -0.39 is 0 Å². The van der Waals surface area contributed by atoms with Crippen molar-refractivity contribution in [2.75, 3.05) is 0 Å². The predicted octanol–water partition coefficient (Wildman–Crippen LogP) is 9.62. The minimum absolute atomic E-state index is 0.474. The molecule has 0 aliphatic heterocycles. The first-order valence-electron chi connectivity index (χ1n) is 11.8. The highest BCUT2D eigenvalue weighted by molar-refractivity contribution is 5.47. The molecule has 0 amide bonds. The molecule has 0 heterocycles. The third kappa shape index (κ3) is 6.20. The van der Waals surface area contributed by atoms with E-state index in [1.807, 2.05) is 66.7 Å². The molecule has 0 saturated carbocycles. The fourth-order valence-corrected chi connectivity index (χ4v) is 3.58. The Labute approximate surface area is 202 Å². The largest absolute Gasteiger partial charge is 0.457 e. The molecule has 0 atom stereocenters. The smallest absolute Gasteiger partial charge is 0.134 e. The molecule has 34 heavy (non-hydrogen) atoms. The second kappa shape index (κ2) is 10.5. The van der Waals surface area contributed by atoms with Crippen LogP contribution in [-0.4, -0.2) is 0 Å². The SMILES string of the molecule is Cc1ccc(Oc2cc(Oc3ccc(C(C)C)cc3)cc(Oc3ccc(C(C)C)cc3)c2)cc1. The molecule has 0 aromatic heterocycles. The molecule has 0 radical (unpaired) electrons. The lowest BCUT2D eigenvalue weighted by Gasteiger charge is -2.14. The van der Waals surface area contributed by atoms with E-state index in [1.54, 1.807) is 0 Å². The summed E-state index contributed by atoms with van der Waals surface area (Å²) in [6, 6.07) is 30.0. The molecule has 0 aliphatic carbocycles. The van der Waals surface area contributed by atoms with Crippen molar-refractivity contribution in [1.82, 2.24) is 0 Å². The standard InChI is InChI=1S/C31H32O3/c1-21(2)24-8-14-27(15-9-24)33-30-18-29(32-26-12-6-23(5)7-13-26)19-31(20-30)34-28-16-10-25(11-17-28)22(3)4/h6-22H,1-5H3. The lowest BCUT2D eigenvalue weighted by Crippen LogP contribution is -1.92. The van der Waals surface area contributed by atoms with Crippen molar-refractivity contribution in [3.8, 4) is 34.5 Å². The summed E-state index contributed by atoms with van der Waals surface area (Å²) in [4.78, 5) is 0. The Morgan fingerprint density at radius 2 is 0.706 bits per heavy atom. The second-order valence-electron chi connectivity index (χ2n) is 9.21. The van der Waals surface area contributed by atoms with Crippen LogP contribution in [-0.2, 0) is 0 Å². The molecule has 0 fully saturated rings. The quantitative estimate of drug-likeness (QED) is 0.266. The Bertz CT molecular complexity index is 1130. The van der Waals surface area contributed by atoms with Gasteiger partial charge < -0.3 is 14.2 Å². The first kappa shape index (κ1) is 23.4. The first-order valence-corrected chi connectivity index (χ1v) is 11.8. The molecule has 174 valence electrons. The summed E-state index contributed by atoms with van der Waals surface area (Å²) < 4.78 is 18.5. The summed E-state index contributed by atoms with van der Waals surface area (Å²) in [6.07, 6.45) is 0. The van der Waals surface area contributed by atoms with Gasteiger partial charge in [-0.05, 0) is 66.3 Å².